The number of rotatable bonds is 10. The molecule has 0 saturated carbocycles. The first kappa shape index (κ1) is 23.8. The van der Waals surface area contributed by atoms with Crippen LogP contribution in [0, 0.1) is 5.92 Å². The minimum Gasteiger partial charge on any atom is -0.508 e. The SMILES string of the molecule is C=CCN(CC(Cc1ccc(O)cc1)N(C)C)c1nc(CC2Cc3ccccc3C2)cc(=O)[nH]1. The van der Waals surface area contributed by atoms with E-state index in [2.05, 4.69) is 59.7 Å². The number of phenols is 1. The van der Waals surface area contributed by atoms with Crippen molar-refractivity contribution in [1.29, 1.82) is 0 Å². The Labute approximate surface area is 201 Å². The van der Waals surface area contributed by atoms with E-state index in [0.29, 0.717) is 25.0 Å². The van der Waals surface area contributed by atoms with Gasteiger partial charge in [-0.3, -0.25) is 9.78 Å². The molecule has 3 aromatic rings. The highest BCUT2D eigenvalue weighted by atomic mass is 16.3. The molecule has 4 rings (SSSR count). The summed E-state index contributed by atoms with van der Waals surface area (Å²) >= 11 is 0. The van der Waals surface area contributed by atoms with Crippen LogP contribution >= 0.6 is 0 Å². The van der Waals surface area contributed by atoms with Gasteiger partial charge in [-0.2, -0.15) is 0 Å². The van der Waals surface area contributed by atoms with Gasteiger partial charge in [-0.1, -0.05) is 42.5 Å². The number of likely N-dealkylation sites (N-methyl/N-ethyl adjacent to an activating group) is 1. The van der Waals surface area contributed by atoms with Gasteiger partial charge in [0.2, 0.25) is 5.95 Å². The quantitative estimate of drug-likeness (QED) is 0.454. The molecule has 1 aliphatic carbocycles. The summed E-state index contributed by atoms with van der Waals surface area (Å²) in [7, 11) is 4.11. The van der Waals surface area contributed by atoms with E-state index < -0.39 is 0 Å². The molecule has 1 unspecified atom stereocenters. The molecule has 2 aromatic carbocycles. The summed E-state index contributed by atoms with van der Waals surface area (Å²) < 4.78 is 0. The van der Waals surface area contributed by atoms with E-state index in [1.807, 2.05) is 18.2 Å². The van der Waals surface area contributed by atoms with Gasteiger partial charge in [0, 0.05) is 25.2 Å². The molecule has 6 heteroatoms. The molecular weight excluding hydrogens is 424 g/mol. The van der Waals surface area contributed by atoms with Crippen molar-refractivity contribution in [3.63, 3.8) is 0 Å². The average Bonchev–Trinajstić information content (AvgIpc) is 3.21. The number of fused-ring (bicyclic) bond motifs is 1. The Morgan fingerprint density at radius 2 is 1.82 bits per heavy atom. The van der Waals surface area contributed by atoms with Gasteiger partial charge in [0.25, 0.3) is 5.56 Å². The molecule has 0 fully saturated rings. The lowest BCUT2D eigenvalue weighted by Gasteiger charge is -2.31. The predicted octanol–water partition coefficient (Wildman–Crippen LogP) is 3.60. The highest BCUT2D eigenvalue weighted by Crippen LogP contribution is 2.28. The van der Waals surface area contributed by atoms with Crippen molar-refractivity contribution < 1.29 is 5.11 Å². The van der Waals surface area contributed by atoms with Gasteiger partial charge in [-0.15, -0.1) is 6.58 Å². The van der Waals surface area contributed by atoms with Gasteiger partial charge in [0.1, 0.15) is 5.75 Å². The van der Waals surface area contributed by atoms with Crippen molar-refractivity contribution in [1.82, 2.24) is 14.9 Å². The van der Waals surface area contributed by atoms with Gasteiger partial charge in [-0.25, -0.2) is 4.98 Å². The van der Waals surface area contributed by atoms with Gasteiger partial charge in [0.05, 0.1) is 5.69 Å². The smallest absolute Gasteiger partial charge is 0.252 e. The van der Waals surface area contributed by atoms with Crippen molar-refractivity contribution in [3.05, 3.63) is 100.0 Å². The van der Waals surface area contributed by atoms with E-state index in [0.717, 1.165) is 36.9 Å². The van der Waals surface area contributed by atoms with E-state index in [1.54, 1.807) is 18.2 Å². The molecule has 0 bridgehead atoms. The third-order valence-electron chi connectivity index (χ3n) is 6.63. The summed E-state index contributed by atoms with van der Waals surface area (Å²) in [6, 6.07) is 17.7. The lowest BCUT2D eigenvalue weighted by atomic mass is 10.00. The fourth-order valence-corrected chi connectivity index (χ4v) is 4.81. The van der Waals surface area contributed by atoms with Crippen LogP contribution in [-0.2, 0) is 25.7 Å². The van der Waals surface area contributed by atoms with Crippen LogP contribution in [0.5, 0.6) is 5.75 Å². The number of hydrogen-bond acceptors (Lipinski definition) is 5. The number of H-pyrrole nitrogens is 1. The molecule has 1 heterocycles. The molecule has 1 atom stereocenters. The van der Waals surface area contributed by atoms with Crippen LogP contribution in [-0.4, -0.2) is 53.2 Å². The second-order valence-electron chi connectivity index (χ2n) is 9.49. The maximum atomic E-state index is 12.6. The number of aromatic hydroxyl groups is 1. The van der Waals surface area contributed by atoms with Crippen LogP contribution in [0.1, 0.15) is 22.4 Å². The normalized spacial score (nSPS) is 14.2. The fraction of sp³-hybridized carbons (Fsp3) is 0.357. The van der Waals surface area contributed by atoms with E-state index in [4.69, 9.17) is 4.98 Å². The third kappa shape index (κ3) is 5.94. The van der Waals surface area contributed by atoms with Crippen molar-refractivity contribution in [2.24, 2.45) is 5.92 Å². The summed E-state index contributed by atoms with van der Waals surface area (Å²) in [5.41, 5.74) is 4.68. The highest BCUT2D eigenvalue weighted by Gasteiger charge is 2.23. The largest absolute Gasteiger partial charge is 0.508 e. The van der Waals surface area contributed by atoms with Crippen molar-refractivity contribution >= 4 is 5.95 Å². The molecule has 1 aromatic heterocycles. The number of hydrogen-bond donors (Lipinski definition) is 2. The third-order valence-corrected chi connectivity index (χ3v) is 6.63. The molecule has 2 N–H and O–H groups in total. The second-order valence-corrected chi connectivity index (χ2v) is 9.49. The lowest BCUT2D eigenvalue weighted by molar-refractivity contribution is 0.293. The van der Waals surface area contributed by atoms with E-state index in [1.165, 1.54) is 11.1 Å². The van der Waals surface area contributed by atoms with Crippen LogP contribution < -0.4 is 10.5 Å². The van der Waals surface area contributed by atoms with Gasteiger partial charge < -0.3 is 14.9 Å². The molecule has 0 amide bonds. The molecule has 0 spiro atoms. The maximum absolute atomic E-state index is 12.6. The number of aromatic amines is 1. The first-order chi connectivity index (χ1) is 16.4. The first-order valence-electron chi connectivity index (χ1n) is 11.9. The molecule has 0 saturated heterocycles. The Kier molecular flexibility index (Phi) is 7.48. The molecule has 178 valence electrons. The minimum absolute atomic E-state index is 0.121. The van der Waals surface area contributed by atoms with Crippen molar-refractivity contribution in [2.45, 2.75) is 31.7 Å². The number of nitrogens with one attached hydrogen (secondary N) is 1. The van der Waals surface area contributed by atoms with Gasteiger partial charge in [-0.05, 0) is 74.5 Å². The minimum atomic E-state index is -0.121. The van der Waals surface area contributed by atoms with Crippen LogP contribution in [0.25, 0.3) is 0 Å². The fourth-order valence-electron chi connectivity index (χ4n) is 4.81. The topological polar surface area (TPSA) is 72.5 Å². The van der Waals surface area contributed by atoms with E-state index in [-0.39, 0.29) is 17.4 Å². The number of benzene rings is 2. The summed E-state index contributed by atoms with van der Waals surface area (Å²) in [6.45, 7) is 5.19. The number of aromatic nitrogens is 2. The number of nitrogens with zero attached hydrogens (tertiary/aromatic N) is 3. The Bertz CT molecular complexity index is 1140. The first-order valence-corrected chi connectivity index (χ1v) is 11.9. The highest BCUT2D eigenvalue weighted by molar-refractivity contribution is 5.35. The van der Waals surface area contributed by atoms with E-state index in [9.17, 15) is 9.90 Å². The van der Waals surface area contributed by atoms with Crippen LogP contribution in [0.3, 0.4) is 0 Å². The zero-order chi connectivity index (χ0) is 24.1. The molecular formula is C28H34N4O2. The molecule has 6 nitrogen and oxygen atoms in total. The number of anilines is 1. The molecule has 34 heavy (non-hydrogen) atoms. The van der Waals surface area contributed by atoms with Crippen LogP contribution in [0.2, 0.25) is 0 Å². The zero-order valence-corrected chi connectivity index (χ0v) is 20.1. The lowest BCUT2D eigenvalue weighted by Crippen LogP contribution is -2.43. The maximum Gasteiger partial charge on any atom is 0.252 e. The number of phenolic OH excluding ortho intramolecular Hbond substituents is 1. The second kappa shape index (κ2) is 10.7. The summed E-state index contributed by atoms with van der Waals surface area (Å²) in [6.07, 6.45) is 5.51. The van der Waals surface area contributed by atoms with Gasteiger partial charge >= 0.3 is 0 Å². The summed E-state index contributed by atoms with van der Waals surface area (Å²) in [5, 5.41) is 9.60. The summed E-state index contributed by atoms with van der Waals surface area (Å²) in [5.74, 6) is 1.33. The Morgan fingerprint density at radius 3 is 2.44 bits per heavy atom. The Balaban J connectivity index is 1.51. The average molecular weight is 459 g/mol. The predicted molar refractivity (Wildman–Crippen MR) is 138 cm³/mol. The summed E-state index contributed by atoms with van der Waals surface area (Å²) in [4.78, 5) is 24.7. The van der Waals surface area contributed by atoms with Gasteiger partial charge in [0.15, 0.2) is 0 Å². The molecule has 0 aliphatic heterocycles. The van der Waals surface area contributed by atoms with Crippen molar-refractivity contribution in [3.8, 4) is 5.75 Å². The van der Waals surface area contributed by atoms with Crippen LogP contribution in [0.15, 0.2) is 72.0 Å². The Hall–Kier alpha value is -3.38. The molecule has 0 radical (unpaired) electrons. The van der Waals surface area contributed by atoms with Crippen molar-refractivity contribution in [2.75, 3.05) is 32.1 Å². The Morgan fingerprint density at radius 1 is 1.15 bits per heavy atom. The van der Waals surface area contributed by atoms with Crippen LogP contribution in [0.4, 0.5) is 5.95 Å². The van der Waals surface area contributed by atoms with E-state index >= 15 is 0 Å². The monoisotopic (exact) mass is 458 g/mol. The zero-order valence-electron chi connectivity index (χ0n) is 20.1. The standard InChI is InChI=1S/C28H34N4O2/c1-4-13-32(19-25(31(2)3)17-20-9-11-26(33)12-10-20)28-29-24(18-27(34)30-28)16-21-14-22-7-5-6-8-23(22)15-21/h4-12,18,21,25,33H,1,13-17,19H2,2-3H3,(H,29,30,34). The molecule has 1 aliphatic rings.